The highest BCUT2D eigenvalue weighted by atomic mass is 16.5. The van der Waals surface area contributed by atoms with Gasteiger partial charge in [-0.3, -0.25) is 4.79 Å². The fourth-order valence-corrected chi connectivity index (χ4v) is 2.56. The largest absolute Gasteiger partial charge is 0.489 e. The molecule has 2 aliphatic rings. The Labute approximate surface area is 106 Å². The minimum atomic E-state index is -0.279. The molecule has 2 heterocycles. The Morgan fingerprint density at radius 2 is 2.22 bits per heavy atom. The Bertz CT molecular complexity index is 454. The van der Waals surface area contributed by atoms with Gasteiger partial charge in [-0.05, 0) is 31.9 Å². The second-order valence-electron chi connectivity index (χ2n) is 4.84. The molecule has 2 aliphatic heterocycles. The van der Waals surface area contributed by atoms with Crippen LogP contribution in [0.15, 0.2) is 24.3 Å². The molecular weight excluding hydrogens is 230 g/mol. The van der Waals surface area contributed by atoms with E-state index in [1.165, 1.54) is 0 Å². The van der Waals surface area contributed by atoms with Gasteiger partial charge in [0, 0.05) is 6.61 Å². The van der Waals surface area contributed by atoms with Crippen LogP contribution in [0.3, 0.4) is 0 Å². The number of benzene rings is 1. The van der Waals surface area contributed by atoms with Gasteiger partial charge in [-0.1, -0.05) is 12.1 Å². The summed E-state index contributed by atoms with van der Waals surface area (Å²) in [5, 5.41) is 0. The second kappa shape index (κ2) is 4.61. The normalized spacial score (nSPS) is 26.6. The maximum absolute atomic E-state index is 12.5. The summed E-state index contributed by atoms with van der Waals surface area (Å²) in [5.41, 5.74) is 0.858. The quantitative estimate of drug-likeness (QED) is 0.761. The maximum Gasteiger partial charge on any atom is 0.256 e. The molecule has 96 valence electrons. The molecule has 0 spiro atoms. The SMILES string of the molecule is CC1COc2ccccc2N1C(=O)C1CCCO1. The average Bonchev–Trinajstić information content (AvgIpc) is 2.92. The van der Waals surface area contributed by atoms with E-state index in [-0.39, 0.29) is 18.1 Å². The summed E-state index contributed by atoms with van der Waals surface area (Å²) in [6, 6.07) is 7.73. The Hall–Kier alpha value is -1.55. The van der Waals surface area contributed by atoms with E-state index < -0.39 is 0 Å². The third kappa shape index (κ3) is 1.86. The molecule has 4 nitrogen and oxygen atoms in total. The number of hydrogen-bond acceptors (Lipinski definition) is 3. The molecule has 2 unspecified atom stereocenters. The molecule has 1 amide bonds. The minimum Gasteiger partial charge on any atom is -0.489 e. The van der Waals surface area contributed by atoms with Crippen LogP contribution in [0.5, 0.6) is 5.75 Å². The van der Waals surface area contributed by atoms with E-state index in [0.29, 0.717) is 13.2 Å². The standard InChI is InChI=1S/C14H17NO3/c1-10-9-18-12-6-3-2-5-11(12)15(10)14(16)13-7-4-8-17-13/h2-3,5-6,10,13H,4,7-9H2,1H3. The first-order chi connectivity index (χ1) is 8.77. The van der Waals surface area contributed by atoms with Crippen molar-refractivity contribution in [1.29, 1.82) is 0 Å². The zero-order valence-corrected chi connectivity index (χ0v) is 10.5. The maximum atomic E-state index is 12.5. The first kappa shape index (κ1) is 11.5. The number of nitrogens with zero attached hydrogens (tertiary/aromatic N) is 1. The zero-order valence-electron chi connectivity index (χ0n) is 10.5. The molecule has 0 saturated carbocycles. The molecule has 0 aliphatic carbocycles. The Kier molecular flexibility index (Phi) is 2.96. The lowest BCUT2D eigenvalue weighted by atomic mass is 10.1. The smallest absolute Gasteiger partial charge is 0.256 e. The summed E-state index contributed by atoms with van der Waals surface area (Å²) in [4.78, 5) is 14.3. The Balaban J connectivity index is 1.92. The molecule has 1 aromatic carbocycles. The number of hydrogen-bond donors (Lipinski definition) is 0. The molecule has 0 bridgehead atoms. The highest BCUT2D eigenvalue weighted by Crippen LogP contribution is 2.34. The van der Waals surface area contributed by atoms with E-state index in [2.05, 4.69) is 0 Å². The molecule has 1 fully saturated rings. The summed E-state index contributed by atoms with van der Waals surface area (Å²) in [5.74, 6) is 0.845. The summed E-state index contributed by atoms with van der Waals surface area (Å²) in [6.45, 7) is 3.23. The lowest BCUT2D eigenvalue weighted by Gasteiger charge is -2.36. The van der Waals surface area contributed by atoms with E-state index >= 15 is 0 Å². The molecule has 0 radical (unpaired) electrons. The van der Waals surface area contributed by atoms with Crippen LogP contribution in [-0.2, 0) is 9.53 Å². The van der Waals surface area contributed by atoms with E-state index in [1.807, 2.05) is 36.1 Å². The predicted molar refractivity (Wildman–Crippen MR) is 67.9 cm³/mol. The lowest BCUT2D eigenvalue weighted by molar-refractivity contribution is -0.128. The topological polar surface area (TPSA) is 38.8 Å². The minimum absolute atomic E-state index is 0.0524. The van der Waals surface area contributed by atoms with Gasteiger partial charge in [0.05, 0.1) is 11.7 Å². The van der Waals surface area contributed by atoms with Crippen LogP contribution in [0.2, 0.25) is 0 Å². The van der Waals surface area contributed by atoms with Crippen molar-refractivity contribution in [2.75, 3.05) is 18.1 Å². The van der Waals surface area contributed by atoms with Gasteiger partial charge in [-0.15, -0.1) is 0 Å². The fourth-order valence-electron chi connectivity index (χ4n) is 2.56. The van der Waals surface area contributed by atoms with Gasteiger partial charge in [-0.25, -0.2) is 0 Å². The average molecular weight is 247 g/mol. The molecule has 0 aromatic heterocycles. The van der Waals surface area contributed by atoms with E-state index in [9.17, 15) is 4.79 Å². The van der Waals surface area contributed by atoms with Crippen LogP contribution in [0.4, 0.5) is 5.69 Å². The van der Waals surface area contributed by atoms with Gasteiger partial charge >= 0.3 is 0 Å². The molecule has 3 rings (SSSR count). The second-order valence-corrected chi connectivity index (χ2v) is 4.84. The molecule has 1 saturated heterocycles. The van der Waals surface area contributed by atoms with E-state index in [4.69, 9.17) is 9.47 Å². The molecule has 0 N–H and O–H groups in total. The number of rotatable bonds is 1. The van der Waals surface area contributed by atoms with Gasteiger partial charge in [0.2, 0.25) is 0 Å². The lowest BCUT2D eigenvalue weighted by Crippen LogP contribution is -2.49. The number of anilines is 1. The summed E-state index contributed by atoms with van der Waals surface area (Å²) in [6.07, 6.45) is 1.51. The number of carbonyl (C=O) groups excluding carboxylic acids is 1. The van der Waals surface area contributed by atoms with Crippen LogP contribution in [0.25, 0.3) is 0 Å². The number of amides is 1. The Morgan fingerprint density at radius 3 is 3.00 bits per heavy atom. The van der Waals surface area contributed by atoms with Crippen molar-refractivity contribution in [2.45, 2.75) is 31.9 Å². The predicted octanol–water partition coefficient (Wildman–Crippen LogP) is 1.98. The first-order valence-electron chi connectivity index (χ1n) is 6.44. The van der Waals surface area contributed by atoms with Crippen LogP contribution >= 0.6 is 0 Å². The van der Waals surface area contributed by atoms with Crippen LogP contribution < -0.4 is 9.64 Å². The van der Waals surface area contributed by atoms with Gasteiger partial charge in [-0.2, -0.15) is 0 Å². The van der Waals surface area contributed by atoms with E-state index in [1.54, 1.807) is 0 Å². The number of carbonyl (C=O) groups is 1. The third-order valence-corrected chi connectivity index (χ3v) is 3.49. The van der Waals surface area contributed by atoms with Crippen LogP contribution in [0.1, 0.15) is 19.8 Å². The van der Waals surface area contributed by atoms with Gasteiger partial charge in [0.25, 0.3) is 5.91 Å². The number of ether oxygens (including phenoxy) is 2. The van der Waals surface area contributed by atoms with Crippen molar-refractivity contribution >= 4 is 11.6 Å². The summed E-state index contributed by atoms with van der Waals surface area (Å²) >= 11 is 0. The van der Waals surface area contributed by atoms with Crippen LogP contribution in [-0.4, -0.2) is 31.3 Å². The number of para-hydroxylation sites is 2. The number of fused-ring (bicyclic) bond motifs is 1. The highest BCUT2D eigenvalue weighted by Gasteiger charge is 2.35. The zero-order chi connectivity index (χ0) is 12.5. The van der Waals surface area contributed by atoms with E-state index in [0.717, 1.165) is 24.3 Å². The third-order valence-electron chi connectivity index (χ3n) is 3.49. The van der Waals surface area contributed by atoms with Crippen molar-refractivity contribution in [3.63, 3.8) is 0 Å². The highest BCUT2D eigenvalue weighted by molar-refractivity contribution is 5.98. The Morgan fingerprint density at radius 1 is 1.39 bits per heavy atom. The fraction of sp³-hybridized carbons (Fsp3) is 0.500. The van der Waals surface area contributed by atoms with Gasteiger partial charge < -0.3 is 14.4 Å². The summed E-state index contributed by atoms with van der Waals surface area (Å²) in [7, 11) is 0. The summed E-state index contributed by atoms with van der Waals surface area (Å²) < 4.78 is 11.1. The van der Waals surface area contributed by atoms with Gasteiger partial charge in [0.15, 0.2) is 0 Å². The van der Waals surface area contributed by atoms with Crippen molar-refractivity contribution < 1.29 is 14.3 Å². The van der Waals surface area contributed by atoms with Gasteiger partial charge in [0.1, 0.15) is 18.5 Å². The van der Waals surface area contributed by atoms with Crippen molar-refractivity contribution in [1.82, 2.24) is 0 Å². The molecular formula is C14H17NO3. The molecule has 1 aromatic rings. The molecule has 18 heavy (non-hydrogen) atoms. The van der Waals surface area contributed by atoms with Crippen molar-refractivity contribution in [3.05, 3.63) is 24.3 Å². The molecule has 2 atom stereocenters. The monoisotopic (exact) mass is 247 g/mol. The van der Waals surface area contributed by atoms with Crippen molar-refractivity contribution in [2.24, 2.45) is 0 Å². The van der Waals surface area contributed by atoms with Crippen molar-refractivity contribution in [3.8, 4) is 5.75 Å². The first-order valence-corrected chi connectivity index (χ1v) is 6.44. The molecule has 4 heteroatoms. The van der Waals surface area contributed by atoms with Crippen LogP contribution in [0, 0.1) is 0 Å².